The fourth-order valence-electron chi connectivity index (χ4n) is 1.56. The van der Waals surface area contributed by atoms with Crippen molar-refractivity contribution < 1.29 is 4.79 Å². The van der Waals surface area contributed by atoms with Crippen molar-refractivity contribution in [1.82, 2.24) is 20.1 Å². The number of amides is 1. The van der Waals surface area contributed by atoms with Gasteiger partial charge in [-0.05, 0) is 25.8 Å². The Labute approximate surface area is 102 Å². The zero-order valence-electron chi connectivity index (χ0n) is 10.7. The molecule has 1 rings (SSSR count). The fraction of sp³-hybridized carbons (Fsp3) is 0.727. The van der Waals surface area contributed by atoms with Crippen molar-refractivity contribution in [2.24, 2.45) is 18.7 Å². The monoisotopic (exact) mass is 239 g/mol. The summed E-state index contributed by atoms with van der Waals surface area (Å²) in [5, 5.41) is 10.6. The van der Waals surface area contributed by atoms with Gasteiger partial charge in [0, 0.05) is 13.5 Å². The van der Waals surface area contributed by atoms with Gasteiger partial charge >= 0.3 is 0 Å². The second-order valence-electron chi connectivity index (χ2n) is 4.47. The molecule has 1 aromatic heterocycles. The van der Waals surface area contributed by atoms with Crippen LogP contribution in [-0.2, 0) is 11.8 Å². The Hall–Kier alpha value is -1.43. The number of rotatable bonds is 6. The molecule has 1 aromatic rings. The van der Waals surface area contributed by atoms with E-state index in [9.17, 15) is 4.79 Å². The van der Waals surface area contributed by atoms with E-state index < -0.39 is 0 Å². The van der Waals surface area contributed by atoms with Crippen LogP contribution in [-0.4, -0.2) is 27.2 Å². The summed E-state index contributed by atoms with van der Waals surface area (Å²) in [6, 6.07) is -0.122. The molecule has 0 saturated carbocycles. The third-order valence-corrected chi connectivity index (χ3v) is 2.78. The molecule has 0 saturated heterocycles. The van der Waals surface area contributed by atoms with Crippen molar-refractivity contribution in [2.45, 2.75) is 32.7 Å². The predicted molar refractivity (Wildman–Crippen MR) is 65.0 cm³/mol. The number of hydrogen-bond acceptors (Lipinski definition) is 4. The van der Waals surface area contributed by atoms with Gasteiger partial charge in [0.1, 0.15) is 6.33 Å². The van der Waals surface area contributed by atoms with Crippen LogP contribution in [0.3, 0.4) is 0 Å². The Morgan fingerprint density at radius 3 is 2.82 bits per heavy atom. The summed E-state index contributed by atoms with van der Waals surface area (Å²) in [7, 11) is 1.86. The maximum absolute atomic E-state index is 11.7. The lowest BCUT2D eigenvalue weighted by atomic mass is 10.1. The smallest absolute Gasteiger partial charge is 0.220 e. The van der Waals surface area contributed by atoms with Crippen molar-refractivity contribution in [3.8, 4) is 0 Å². The standard InChI is InChI=1S/C11H21N5O/c1-8(6-12)4-5-10(17)14-9(2)11-15-13-7-16(11)3/h7-9H,4-6,12H2,1-3H3,(H,14,17). The molecule has 0 spiro atoms. The average Bonchev–Trinajstić information content (AvgIpc) is 2.72. The number of carbonyl (C=O) groups is 1. The Morgan fingerprint density at radius 1 is 1.59 bits per heavy atom. The van der Waals surface area contributed by atoms with Crippen LogP contribution in [0, 0.1) is 5.92 Å². The molecule has 6 nitrogen and oxygen atoms in total. The third-order valence-electron chi connectivity index (χ3n) is 2.78. The molecule has 0 bridgehead atoms. The van der Waals surface area contributed by atoms with E-state index in [0.29, 0.717) is 18.9 Å². The molecule has 1 heterocycles. The van der Waals surface area contributed by atoms with E-state index in [1.165, 1.54) is 0 Å². The van der Waals surface area contributed by atoms with E-state index >= 15 is 0 Å². The van der Waals surface area contributed by atoms with E-state index in [1.807, 2.05) is 20.9 Å². The van der Waals surface area contributed by atoms with Crippen LogP contribution in [0.5, 0.6) is 0 Å². The van der Waals surface area contributed by atoms with Gasteiger partial charge in [0.25, 0.3) is 0 Å². The first-order chi connectivity index (χ1) is 8.04. The second-order valence-corrected chi connectivity index (χ2v) is 4.47. The first-order valence-electron chi connectivity index (χ1n) is 5.88. The Kier molecular flexibility index (Phi) is 5.09. The minimum atomic E-state index is -0.122. The topological polar surface area (TPSA) is 85.8 Å². The van der Waals surface area contributed by atoms with Crippen LogP contribution in [0.1, 0.15) is 38.6 Å². The molecule has 2 atom stereocenters. The fourth-order valence-corrected chi connectivity index (χ4v) is 1.56. The van der Waals surface area contributed by atoms with Gasteiger partial charge in [-0.2, -0.15) is 0 Å². The summed E-state index contributed by atoms with van der Waals surface area (Å²) in [6.07, 6.45) is 2.93. The summed E-state index contributed by atoms with van der Waals surface area (Å²) in [6.45, 7) is 4.56. The molecule has 0 fully saturated rings. The van der Waals surface area contributed by atoms with E-state index in [4.69, 9.17) is 5.73 Å². The number of carbonyl (C=O) groups excluding carboxylic acids is 1. The van der Waals surface area contributed by atoms with Crippen molar-refractivity contribution in [3.05, 3.63) is 12.2 Å². The summed E-state index contributed by atoms with van der Waals surface area (Å²) in [5.74, 6) is 1.16. The zero-order valence-corrected chi connectivity index (χ0v) is 10.7. The third kappa shape index (κ3) is 4.14. The summed E-state index contributed by atoms with van der Waals surface area (Å²) >= 11 is 0. The Balaban J connectivity index is 2.39. The molecule has 0 aromatic carbocycles. The average molecular weight is 239 g/mol. The van der Waals surface area contributed by atoms with Gasteiger partial charge in [-0.3, -0.25) is 4.79 Å². The number of aromatic nitrogens is 3. The minimum absolute atomic E-state index is 0.0285. The Morgan fingerprint density at radius 2 is 2.29 bits per heavy atom. The highest BCUT2D eigenvalue weighted by atomic mass is 16.1. The highest BCUT2D eigenvalue weighted by Gasteiger charge is 2.14. The second kappa shape index (κ2) is 6.34. The lowest BCUT2D eigenvalue weighted by molar-refractivity contribution is -0.122. The van der Waals surface area contributed by atoms with Crippen molar-refractivity contribution in [2.75, 3.05) is 6.54 Å². The maximum atomic E-state index is 11.7. The van der Waals surface area contributed by atoms with E-state index in [0.717, 1.165) is 12.2 Å². The molecule has 0 aliphatic rings. The maximum Gasteiger partial charge on any atom is 0.220 e. The predicted octanol–water partition coefficient (Wildman–Crippen LogP) is 0.367. The molecular formula is C11H21N5O. The van der Waals surface area contributed by atoms with Crippen molar-refractivity contribution >= 4 is 5.91 Å². The van der Waals surface area contributed by atoms with Crippen molar-refractivity contribution in [1.29, 1.82) is 0 Å². The molecular weight excluding hydrogens is 218 g/mol. The van der Waals surface area contributed by atoms with Crippen LogP contribution in [0.25, 0.3) is 0 Å². The Bertz CT molecular complexity index is 362. The van der Waals surface area contributed by atoms with Gasteiger partial charge in [-0.1, -0.05) is 6.92 Å². The lowest BCUT2D eigenvalue weighted by Crippen LogP contribution is -2.28. The molecule has 96 valence electrons. The summed E-state index contributed by atoms with van der Waals surface area (Å²) in [5.41, 5.74) is 5.50. The van der Waals surface area contributed by atoms with Crippen molar-refractivity contribution in [3.63, 3.8) is 0 Å². The molecule has 1 amide bonds. The molecule has 0 aliphatic heterocycles. The van der Waals surface area contributed by atoms with Gasteiger partial charge in [0.15, 0.2) is 5.82 Å². The number of hydrogen-bond donors (Lipinski definition) is 2. The largest absolute Gasteiger partial charge is 0.346 e. The molecule has 2 unspecified atom stereocenters. The van der Waals surface area contributed by atoms with Gasteiger partial charge < -0.3 is 15.6 Å². The minimum Gasteiger partial charge on any atom is -0.346 e. The summed E-state index contributed by atoms with van der Waals surface area (Å²) < 4.78 is 1.80. The quantitative estimate of drug-likeness (QED) is 0.751. The molecule has 0 radical (unpaired) electrons. The molecule has 0 aliphatic carbocycles. The van der Waals surface area contributed by atoms with Crippen LogP contribution in [0.15, 0.2) is 6.33 Å². The summed E-state index contributed by atoms with van der Waals surface area (Å²) in [4.78, 5) is 11.7. The van der Waals surface area contributed by atoms with E-state index in [1.54, 1.807) is 10.9 Å². The lowest BCUT2D eigenvalue weighted by Gasteiger charge is -2.14. The van der Waals surface area contributed by atoms with E-state index in [-0.39, 0.29) is 11.9 Å². The van der Waals surface area contributed by atoms with Gasteiger partial charge in [-0.25, -0.2) is 0 Å². The number of nitrogens with zero attached hydrogens (tertiary/aromatic N) is 3. The highest BCUT2D eigenvalue weighted by molar-refractivity contribution is 5.76. The van der Waals surface area contributed by atoms with Crippen LogP contribution < -0.4 is 11.1 Å². The number of nitrogens with one attached hydrogen (secondary N) is 1. The van der Waals surface area contributed by atoms with Gasteiger partial charge in [0.2, 0.25) is 5.91 Å². The number of nitrogens with two attached hydrogens (primary N) is 1. The van der Waals surface area contributed by atoms with E-state index in [2.05, 4.69) is 15.5 Å². The van der Waals surface area contributed by atoms with Crippen LogP contribution >= 0.6 is 0 Å². The molecule has 17 heavy (non-hydrogen) atoms. The van der Waals surface area contributed by atoms with Gasteiger partial charge in [0.05, 0.1) is 6.04 Å². The normalized spacial score (nSPS) is 14.4. The molecule has 3 N–H and O–H groups in total. The van der Waals surface area contributed by atoms with Gasteiger partial charge in [-0.15, -0.1) is 10.2 Å². The van der Waals surface area contributed by atoms with Crippen LogP contribution in [0.2, 0.25) is 0 Å². The highest BCUT2D eigenvalue weighted by Crippen LogP contribution is 2.09. The zero-order chi connectivity index (χ0) is 12.8. The molecule has 6 heteroatoms. The SMILES string of the molecule is CC(CN)CCC(=O)NC(C)c1nncn1C. The van der Waals surface area contributed by atoms with Crippen LogP contribution in [0.4, 0.5) is 0 Å². The first kappa shape index (κ1) is 13.6. The first-order valence-corrected chi connectivity index (χ1v) is 5.88. The number of aryl methyl sites for hydroxylation is 1.